The van der Waals surface area contributed by atoms with E-state index in [1.54, 1.807) is 29.1 Å². The molecule has 1 saturated carbocycles. The van der Waals surface area contributed by atoms with Gasteiger partial charge in [-0.1, -0.05) is 31.7 Å². The molecule has 1 saturated heterocycles. The molecule has 0 spiro atoms. The summed E-state index contributed by atoms with van der Waals surface area (Å²) in [7, 11) is 0. The zero-order chi connectivity index (χ0) is 27.6. The Balaban J connectivity index is 1.31. The van der Waals surface area contributed by atoms with Gasteiger partial charge in [0.25, 0.3) is 11.5 Å². The molecule has 10 nitrogen and oxygen atoms in total. The van der Waals surface area contributed by atoms with Crippen molar-refractivity contribution in [2.75, 3.05) is 11.9 Å². The van der Waals surface area contributed by atoms with Crippen LogP contribution in [-0.4, -0.2) is 44.0 Å². The second-order valence-corrected chi connectivity index (χ2v) is 10.8. The molecule has 5 rings (SSSR count). The predicted octanol–water partition coefficient (Wildman–Crippen LogP) is 4.59. The third-order valence-corrected chi connectivity index (χ3v) is 7.09. The van der Waals surface area contributed by atoms with E-state index in [0.717, 1.165) is 31.2 Å². The van der Waals surface area contributed by atoms with Gasteiger partial charge in [-0.15, -0.1) is 0 Å². The van der Waals surface area contributed by atoms with Gasteiger partial charge in [0.15, 0.2) is 28.9 Å². The molecule has 3 heterocycles. The maximum Gasteiger partial charge on any atom is 0.271 e. The van der Waals surface area contributed by atoms with Crippen LogP contribution in [0.4, 0.5) is 10.2 Å². The Labute approximate surface area is 226 Å². The first-order chi connectivity index (χ1) is 18.6. The standard InChI is InChI=1S/C28H34FN5O5/c1-18-8-9-22(29)24(12-18)38-20-14-26(35)34(30-15-20)23(13-19-6-4-5-7-19)27(36)31-25-10-11-33(32-25)16-21-17-37-28(2,3)39-21/h8-12,14-15,19,21,23H,4-7,13,16-17H2,1-3H3,(H,31,32,36). The van der Waals surface area contributed by atoms with Crippen molar-refractivity contribution in [2.24, 2.45) is 5.92 Å². The fourth-order valence-electron chi connectivity index (χ4n) is 5.19. The molecular weight excluding hydrogens is 505 g/mol. The number of rotatable bonds is 9. The van der Waals surface area contributed by atoms with E-state index in [-0.39, 0.29) is 23.5 Å². The molecule has 1 amide bonds. The van der Waals surface area contributed by atoms with Crippen molar-refractivity contribution < 1.29 is 23.4 Å². The number of halogens is 1. The molecule has 0 radical (unpaired) electrons. The van der Waals surface area contributed by atoms with Crippen LogP contribution in [0.1, 0.15) is 57.6 Å². The normalized spacial score (nSPS) is 19.7. The van der Waals surface area contributed by atoms with Crippen molar-refractivity contribution in [3.8, 4) is 11.5 Å². The van der Waals surface area contributed by atoms with Crippen LogP contribution in [0.25, 0.3) is 0 Å². The number of amides is 1. The summed E-state index contributed by atoms with van der Waals surface area (Å²) >= 11 is 0. The van der Waals surface area contributed by atoms with Gasteiger partial charge in [0.1, 0.15) is 12.1 Å². The zero-order valence-corrected chi connectivity index (χ0v) is 22.4. The zero-order valence-electron chi connectivity index (χ0n) is 22.4. The summed E-state index contributed by atoms with van der Waals surface area (Å²) in [5.41, 5.74) is 0.307. The minimum atomic E-state index is -0.831. The van der Waals surface area contributed by atoms with Gasteiger partial charge >= 0.3 is 0 Å². The van der Waals surface area contributed by atoms with Crippen LogP contribution in [0.2, 0.25) is 0 Å². The van der Waals surface area contributed by atoms with E-state index in [0.29, 0.717) is 31.3 Å². The number of anilines is 1. The number of aromatic nitrogens is 4. The molecule has 2 fully saturated rings. The lowest BCUT2D eigenvalue weighted by Crippen LogP contribution is -2.36. The van der Waals surface area contributed by atoms with Gasteiger partial charge in [-0.25, -0.2) is 9.07 Å². The topological polar surface area (TPSA) is 110 Å². The number of benzene rings is 1. The average molecular weight is 540 g/mol. The number of nitrogens with one attached hydrogen (secondary N) is 1. The fraction of sp³-hybridized carbons (Fsp3) is 0.500. The minimum absolute atomic E-state index is 0.00270. The second kappa shape index (κ2) is 11.3. The highest BCUT2D eigenvalue weighted by Crippen LogP contribution is 2.32. The lowest BCUT2D eigenvalue weighted by atomic mass is 9.98. The van der Waals surface area contributed by atoms with Crippen LogP contribution in [0.3, 0.4) is 0 Å². The van der Waals surface area contributed by atoms with Gasteiger partial charge in [-0.2, -0.15) is 10.2 Å². The molecule has 2 aliphatic rings. The van der Waals surface area contributed by atoms with Crippen molar-refractivity contribution in [3.05, 3.63) is 64.5 Å². The Hall–Kier alpha value is -3.57. The van der Waals surface area contributed by atoms with Crippen LogP contribution < -0.4 is 15.6 Å². The molecule has 1 N–H and O–H groups in total. The summed E-state index contributed by atoms with van der Waals surface area (Å²) in [5.74, 6) is -0.759. The highest BCUT2D eigenvalue weighted by atomic mass is 19.1. The van der Waals surface area contributed by atoms with Gasteiger partial charge in [0.05, 0.1) is 19.3 Å². The number of hydrogen-bond donors (Lipinski definition) is 1. The Morgan fingerprint density at radius 1 is 1.26 bits per heavy atom. The largest absolute Gasteiger partial charge is 0.452 e. The van der Waals surface area contributed by atoms with E-state index in [1.165, 1.54) is 23.0 Å². The van der Waals surface area contributed by atoms with Crippen molar-refractivity contribution >= 4 is 11.7 Å². The number of aryl methyl sites for hydroxylation is 1. The lowest BCUT2D eigenvalue weighted by Gasteiger charge is -2.21. The maximum atomic E-state index is 14.2. The summed E-state index contributed by atoms with van der Waals surface area (Å²) < 4.78 is 34.0. The summed E-state index contributed by atoms with van der Waals surface area (Å²) in [5, 5.41) is 11.6. The molecule has 0 bridgehead atoms. The number of carbonyl (C=O) groups excluding carboxylic acids is 1. The lowest BCUT2D eigenvalue weighted by molar-refractivity contribution is -0.139. The molecule has 3 aromatic rings. The van der Waals surface area contributed by atoms with Crippen molar-refractivity contribution in [2.45, 2.75) is 77.4 Å². The average Bonchev–Trinajstić information content (AvgIpc) is 3.63. The number of ether oxygens (including phenoxy) is 3. The molecule has 11 heteroatoms. The van der Waals surface area contributed by atoms with E-state index in [4.69, 9.17) is 14.2 Å². The smallest absolute Gasteiger partial charge is 0.271 e. The summed E-state index contributed by atoms with van der Waals surface area (Å²) in [6, 6.07) is 6.58. The highest BCUT2D eigenvalue weighted by molar-refractivity contribution is 5.92. The van der Waals surface area contributed by atoms with E-state index < -0.39 is 23.2 Å². The molecule has 1 aliphatic heterocycles. The summed E-state index contributed by atoms with van der Waals surface area (Å²) in [6.07, 6.45) is 7.63. The van der Waals surface area contributed by atoms with Gasteiger partial charge < -0.3 is 19.5 Å². The molecular formula is C28H34FN5O5. The van der Waals surface area contributed by atoms with Crippen molar-refractivity contribution in [3.63, 3.8) is 0 Å². The first-order valence-electron chi connectivity index (χ1n) is 13.3. The Bertz CT molecular complexity index is 1380. The van der Waals surface area contributed by atoms with E-state index in [9.17, 15) is 14.0 Å². The van der Waals surface area contributed by atoms with Gasteiger partial charge in [-0.05, 0) is 50.8 Å². The van der Waals surface area contributed by atoms with Crippen molar-refractivity contribution in [1.29, 1.82) is 0 Å². The molecule has 1 aromatic carbocycles. The monoisotopic (exact) mass is 539 g/mol. The highest BCUT2D eigenvalue weighted by Gasteiger charge is 2.33. The fourth-order valence-corrected chi connectivity index (χ4v) is 5.19. The maximum absolute atomic E-state index is 14.2. The predicted molar refractivity (Wildman–Crippen MR) is 141 cm³/mol. The second-order valence-electron chi connectivity index (χ2n) is 10.8. The third kappa shape index (κ3) is 6.72. The van der Waals surface area contributed by atoms with Crippen molar-refractivity contribution in [1.82, 2.24) is 19.6 Å². The molecule has 2 atom stereocenters. The van der Waals surface area contributed by atoms with E-state index >= 15 is 0 Å². The molecule has 1 aliphatic carbocycles. The van der Waals surface area contributed by atoms with E-state index in [2.05, 4.69) is 15.5 Å². The van der Waals surface area contributed by atoms with Crippen LogP contribution in [0, 0.1) is 18.7 Å². The Morgan fingerprint density at radius 3 is 2.77 bits per heavy atom. The van der Waals surface area contributed by atoms with Crippen LogP contribution in [0.15, 0.2) is 47.5 Å². The Morgan fingerprint density at radius 2 is 2.05 bits per heavy atom. The molecule has 39 heavy (non-hydrogen) atoms. The minimum Gasteiger partial charge on any atom is -0.452 e. The third-order valence-electron chi connectivity index (χ3n) is 7.09. The molecule has 2 aromatic heterocycles. The number of carbonyl (C=O) groups is 1. The SMILES string of the molecule is Cc1ccc(F)c(Oc2cnn(C(CC3CCCC3)C(=O)Nc3ccn(CC4COC(C)(C)O4)n3)c(=O)c2)c1. The van der Waals surface area contributed by atoms with Crippen LogP contribution in [-0.2, 0) is 20.8 Å². The van der Waals surface area contributed by atoms with Gasteiger partial charge in [0.2, 0.25) is 0 Å². The quantitative estimate of drug-likeness (QED) is 0.424. The molecule has 2 unspecified atom stereocenters. The van der Waals surface area contributed by atoms with Gasteiger partial charge in [0, 0.05) is 18.3 Å². The molecule has 208 valence electrons. The summed E-state index contributed by atoms with van der Waals surface area (Å²) in [6.45, 7) is 6.48. The first-order valence-corrected chi connectivity index (χ1v) is 13.3. The number of hydrogen-bond acceptors (Lipinski definition) is 7. The van der Waals surface area contributed by atoms with Crippen LogP contribution in [0.5, 0.6) is 11.5 Å². The van der Waals surface area contributed by atoms with Gasteiger partial charge in [-0.3, -0.25) is 14.3 Å². The van der Waals surface area contributed by atoms with Crippen LogP contribution >= 0.6 is 0 Å². The number of nitrogens with zero attached hydrogens (tertiary/aromatic N) is 4. The first kappa shape index (κ1) is 27.0. The summed E-state index contributed by atoms with van der Waals surface area (Å²) in [4.78, 5) is 26.6. The van der Waals surface area contributed by atoms with E-state index in [1.807, 2.05) is 20.8 Å². The Kier molecular flexibility index (Phi) is 7.81.